The van der Waals surface area contributed by atoms with Gasteiger partial charge in [-0.25, -0.2) is 34.1 Å². The van der Waals surface area contributed by atoms with E-state index in [0.29, 0.717) is 29.7 Å². The van der Waals surface area contributed by atoms with E-state index in [1.807, 2.05) is 6.92 Å². The fourth-order valence-electron chi connectivity index (χ4n) is 2.60. The number of rotatable bonds is 16. The molecule has 240 valence electrons. The maximum Gasteiger partial charge on any atom is 0.510 e. The summed E-state index contributed by atoms with van der Waals surface area (Å²) < 4.78 is 49.6. The molecule has 2 rings (SSSR count). The maximum atomic E-state index is 13.1. The molecule has 0 aliphatic carbocycles. The van der Waals surface area contributed by atoms with Gasteiger partial charge in [-0.3, -0.25) is 13.6 Å². The summed E-state index contributed by atoms with van der Waals surface area (Å²) in [6.45, 7) is 5.70. The third-order valence-corrected chi connectivity index (χ3v) is 5.84. The van der Waals surface area contributed by atoms with Crippen LogP contribution in [0.2, 0.25) is 0 Å². The quantitative estimate of drug-likeness (QED) is 0.104. The lowest BCUT2D eigenvalue weighted by Gasteiger charge is -2.21. The van der Waals surface area contributed by atoms with Crippen LogP contribution in [0.1, 0.15) is 34.1 Å². The summed E-state index contributed by atoms with van der Waals surface area (Å²) in [5, 5.41) is 15.6. The Labute approximate surface area is 245 Å². The summed E-state index contributed by atoms with van der Waals surface area (Å²) in [7, 11) is -4.05. The first-order valence-corrected chi connectivity index (χ1v) is 14.2. The summed E-state index contributed by atoms with van der Waals surface area (Å²) >= 11 is 0. The zero-order valence-electron chi connectivity index (χ0n) is 23.8. The van der Waals surface area contributed by atoms with E-state index in [0.717, 1.165) is 0 Å². The smallest absolute Gasteiger partial charge is 0.478 e. The normalized spacial score (nSPS) is 13.0. The Balaban J connectivity index is 0.00000101. The van der Waals surface area contributed by atoms with Gasteiger partial charge in [0.15, 0.2) is 11.5 Å². The first-order chi connectivity index (χ1) is 20.3. The first kappa shape index (κ1) is 36.7. The number of hydrogen-bond donors (Lipinski definition) is 3. The third kappa shape index (κ3) is 15.5. The number of nitrogens with two attached hydrogens (primary N) is 1. The van der Waals surface area contributed by atoms with Crippen LogP contribution in [-0.4, -0.2) is 92.7 Å². The van der Waals surface area contributed by atoms with Crippen molar-refractivity contribution >= 4 is 48.8 Å². The highest BCUT2D eigenvalue weighted by atomic mass is 31.2. The molecule has 43 heavy (non-hydrogen) atoms. The number of fused-ring (bicyclic) bond motifs is 1. The standard InChI is InChI=1S/C19H30N5O10P.C4H4O4/c1-5-6-28-18(25)29-10-32-35(27,33-11-30-19(26)34-13(2)3)12-31-14(4)7-24-9-23-15-16(20)21-8-22-17(15)24;5-3(6)1-2-4(7)8/h8-9,13-14H,5-7,10-12H2,1-4H3,(H2,20,21,22);1-2H,(H,5,6)(H,7,8)/b;2-1+/t14-,35?;/m1./s1. The zero-order chi connectivity index (χ0) is 32.4. The number of nitrogen functional groups attached to an aromatic ring is 1. The van der Waals surface area contributed by atoms with E-state index >= 15 is 0 Å². The highest BCUT2D eigenvalue weighted by Gasteiger charge is 2.29. The van der Waals surface area contributed by atoms with E-state index in [2.05, 4.69) is 15.0 Å². The van der Waals surface area contributed by atoms with Gasteiger partial charge in [-0.15, -0.1) is 0 Å². The van der Waals surface area contributed by atoms with Gasteiger partial charge in [0.1, 0.15) is 18.2 Å². The minimum Gasteiger partial charge on any atom is -0.478 e. The number of ether oxygens (including phenoxy) is 5. The molecular formula is C23H34N5O14P. The van der Waals surface area contributed by atoms with Crippen LogP contribution in [0, 0.1) is 0 Å². The van der Waals surface area contributed by atoms with Crippen LogP contribution in [0.25, 0.3) is 11.2 Å². The average molecular weight is 636 g/mol. The molecule has 0 amide bonds. The number of anilines is 1. The molecule has 2 atom stereocenters. The molecule has 2 aromatic rings. The number of carbonyl (C=O) groups excluding carboxylic acids is 2. The number of aromatic nitrogens is 4. The van der Waals surface area contributed by atoms with Crippen molar-refractivity contribution < 1.29 is 66.7 Å². The first-order valence-electron chi connectivity index (χ1n) is 12.4. The van der Waals surface area contributed by atoms with Crippen LogP contribution in [0.4, 0.5) is 15.4 Å². The van der Waals surface area contributed by atoms with Crippen molar-refractivity contribution in [3.8, 4) is 0 Å². The van der Waals surface area contributed by atoms with Gasteiger partial charge in [-0.05, 0) is 27.2 Å². The number of imidazole rings is 1. The Hall–Kier alpha value is -4.32. The molecule has 0 bridgehead atoms. The van der Waals surface area contributed by atoms with Crippen molar-refractivity contribution in [2.24, 2.45) is 0 Å². The summed E-state index contributed by atoms with van der Waals surface area (Å²) in [5.41, 5.74) is 6.73. The van der Waals surface area contributed by atoms with Gasteiger partial charge >= 0.3 is 31.8 Å². The third-order valence-electron chi connectivity index (χ3n) is 4.38. The molecule has 20 heteroatoms. The number of nitrogens with zero attached hydrogens (tertiary/aromatic N) is 4. The van der Waals surface area contributed by atoms with Crippen molar-refractivity contribution in [1.29, 1.82) is 0 Å². The summed E-state index contributed by atoms with van der Waals surface area (Å²) in [4.78, 5) is 54.3. The molecule has 0 radical (unpaired) electrons. The Morgan fingerprint density at radius 3 is 2.14 bits per heavy atom. The monoisotopic (exact) mass is 635 g/mol. The Kier molecular flexibility index (Phi) is 16.2. The molecule has 19 nitrogen and oxygen atoms in total. The molecule has 0 aliphatic heterocycles. The van der Waals surface area contributed by atoms with E-state index in [9.17, 15) is 23.7 Å². The van der Waals surface area contributed by atoms with E-state index in [1.165, 1.54) is 12.7 Å². The maximum absolute atomic E-state index is 13.1. The van der Waals surface area contributed by atoms with Crippen LogP contribution in [0.5, 0.6) is 0 Å². The predicted molar refractivity (Wildman–Crippen MR) is 144 cm³/mol. The van der Waals surface area contributed by atoms with E-state index < -0.39 is 64.0 Å². The Morgan fingerprint density at radius 1 is 0.977 bits per heavy atom. The molecule has 0 aliphatic rings. The molecule has 1 unspecified atom stereocenters. The van der Waals surface area contributed by atoms with Crippen LogP contribution >= 0.6 is 7.60 Å². The average Bonchev–Trinajstić information content (AvgIpc) is 3.33. The Bertz CT molecular complexity index is 1270. The molecule has 0 spiro atoms. The molecule has 4 N–H and O–H groups in total. The van der Waals surface area contributed by atoms with Gasteiger partial charge in [-0.1, -0.05) is 6.92 Å². The van der Waals surface area contributed by atoms with Crippen LogP contribution in [-0.2, 0) is 53.4 Å². The van der Waals surface area contributed by atoms with Gasteiger partial charge in [0, 0.05) is 12.2 Å². The fourth-order valence-corrected chi connectivity index (χ4v) is 3.69. The number of carbonyl (C=O) groups is 4. The highest BCUT2D eigenvalue weighted by Crippen LogP contribution is 2.48. The molecule has 0 saturated carbocycles. The lowest BCUT2D eigenvalue weighted by atomic mass is 10.4. The largest absolute Gasteiger partial charge is 0.510 e. The van der Waals surface area contributed by atoms with Crippen molar-refractivity contribution in [2.75, 3.05) is 32.3 Å². The van der Waals surface area contributed by atoms with Crippen molar-refractivity contribution in [2.45, 2.75) is 52.9 Å². The van der Waals surface area contributed by atoms with Crippen LogP contribution in [0.15, 0.2) is 24.8 Å². The zero-order valence-corrected chi connectivity index (χ0v) is 24.7. The minimum atomic E-state index is -4.05. The molecule has 0 fully saturated rings. The molecule has 2 heterocycles. The second-order valence-electron chi connectivity index (χ2n) is 8.35. The van der Waals surface area contributed by atoms with Gasteiger partial charge in [0.2, 0.25) is 13.6 Å². The molecular weight excluding hydrogens is 601 g/mol. The van der Waals surface area contributed by atoms with E-state index in [1.54, 1.807) is 25.3 Å². The van der Waals surface area contributed by atoms with Crippen molar-refractivity contribution in [1.82, 2.24) is 19.5 Å². The summed E-state index contributed by atoms with van der Waals surface area (Å²) in [6, 6.07) is 0. The Morgan fingerprint density at radius 2 is 1.58 bits per heavy atom. The van der Waals surface area contributed by atoms with Crippen molar-refractivity contribution in [3.05, 3.63) is 24.8 Å². The van der Waals surface area contributed by atoms with Crippen LogP contribution in [0.3, 0.4) is 0 Å². The van der Waals surface area contributed by atoms with E-state index in [-0.39, 0.29) is 19.0 Å². The van der Waals surface area contributed by atoms with Gasteiger partial charge in [-0.2, -0.15) is 0 Å². The predicted octanol–water partition coefficient (Wildman–Crippen LogP) is 2.75. The minimum absolute atomic E-state index is 0.152. The number of aliphatic carboxylic acids is 2. The van der Waals surface area contributed by atoms with E-state index in [4.69, 9.17) is 48.7 Å². The number of hydrogen-bond acceptors (Lipinski definition) is 16. The van der Waals surface area contributed by atoms with Gasteiger partial charge < -0.3 is 44.2 Å². The number of carboxylic acid groups (broad SMARTS) is 2. The SMILES string of the molecule is CCCOC(=O)OCOP(=O)(CO[C@H](C)Cn1cnc2c(N)ncnc21)OCOC(=O)OC(C)C.O=C(O)/C=C/C(=O)O. The summed E-state index contributed by atoms with van der Waals surface area (Å²) in [6.07, 6.45) is 1.03. The van der Waals surface area contributed by atoms with Gasteiger partial charge in [0.25, 0.3) is 0 Å². The van der Waals surface area contributed by atoms with Gasteiger partial charge in [0.05, 0.1) is 31.7 Å². The lowest BCUT2D eigenvalue weighted by Crippen LogP contribution is -2.20. The topological polar surface area (TPSA) is 260 Å². The summed E-state index contributed by atoms with van der Waals surface area (Å²) in [5.74, 6) is -2.28. The molecule has 2 aromatic heterocycles. The lowest BCUT2D eigenvalue weighted by molar-refractivity contribution is -0.134. The van der Waals surface area contributed by atoms with Crippen LogP contribution < -0.4 is 5.73 Å². The molecule has 0 saturated heterocycles. The number of carboxylic acids is 2. The highest BCUT2D eigenvalue weighted by molar-refractivity contribution is 7.53. The molecule has 0 aromatic carbocycles. The second kappa shape index (κ2) is 19.0. The van der Waals surface area contributed by atoms with Crippen molar-refractivity contribution in [3.63, 3.8) is 0 Å². The second-order valence-corrected chi connectivity index (χ2v) is 10.3. The fraction of sp³-hybridized carbons (Fsp3) is 0.522.